The van der Waals surface area contributed by atoms with Crippen molar-refractivity contribution in [3.05, 3.63) is 0 Å². The molecule has 1 aliphatic carbocycles. The zero-order valence-electron chi connectivity index (χ0n) is 7.71. The average molecular weight is 169 g/mol. The van der Waals surface area contributed by atoms with Gasteiger partial charge in [-0.1, -0.05) is 6.42 Å². The third kappa shape index (κ3) is 1.80. The summed E-state index contributed by atoms with van der Waals surface area (Å²) in [6.45, 7) is 3.72. The molecule has 2 bridgehead atoms. The lowest BCUT2D eigenvalue weighted by Gasteiger charge is -2.41. The van der Waals surface area contributed by atoms with Gasteiger partial charge in [0.15, 0.2) is 0 Å². The minimum absolute atomic E-state index is 0.333. The molecule has 0 aromatic carbocycles. The highest BCUT2D eigenvalue weighted by atomic mass is 16.3. The summed E-state index contributed by atoms with van der Waals surface area (Å²) >= 11 is 0. The quantitative estimate of drug-likeness (QED) is 0.669. The Morgan fingerprint density at radius 1 is 1.17 bits per heavy atom. The van der Waals surface area contributed by atoms with Gasteiger partial charge in [0.25, 0.3) is 0 Å². The largest absolute Gasteiger partial charge is 0.395 e. The highest BCUT2D eigenvalue weighted by molar-refractivity contribution is 4.82. The molecule has 2 fully saturated rings. The van der Waals surface area contributed by atoms with Gasteiger partial charge in [-0.3, -0.25) is 0 Å². The highest BCUT2D eigenvalue weighted by Crippen LogP contribution is 2.33. The van der Waals surface area contributed by atoms with Crippen LogP contribution in [-0.2, 0) is 0 Å². The Hall–Kier alpha value is -0.0800. The minimum atomic E-state index is 0.333. The molecule has 2 heteroatoms. The van der Waals surface area contributed by atoms with Crippen LogP contribution >= 0.6 is 0 Å². The molecule has 0 aromatic rings. The van der Waals surface area contributed by atoms with Crippen molar-refractivity contribution in [2.75, 3.05) is 26.2 Å². The Morgan fingerprint density at radius 2 is 1.83 bits per heavy atom. The lowest BCUT2D eigenvalue weighted by Crippen LogP contribution is -2.43. The van der Waals surface area contributed by atoms with Crippen molar-refractivity contribution in [1.29, 1.82) is 0 Å². The molecule has 0 aromatic heterocycles. The second-order valence-corrected chi connectivity index (χ2v) is 4.38. The number of nitrogens with zero attached hydrogens (tertiary/aromatic N) is 1. The maximum atomic E-state index is 8.84. The molecule has 1 saturated carbocycles. The molecule has 70 valence electrons. The second-order valence-electron chi connectivity index (χ2n) is 4.38. The van der Waals surface area contributed by atoms with E-state index >= 15 is 0 Å². The molecular weight excluding hydrogens is 150 g/mol. The van der Waals surface area contributed by atoms with Gasteiger partial charge in [-0.15, -0.1) is 0 Å². The summed E-state index contributed by atoms with van der Waals surface area (Å²) in [5.74, 6) is 1.90. The van der Waals surface area contributed by atoms with E-state index in [9.17, 15) is 0 Å². The first-order valence-electron chi connectivity index (χ1n) is 5.21. The number of hydrogen-bond donors (Lipinski definition) is 1. The predicted octanol–water partition coefficient (Wildman–Crippen LogP) is 1.10. The van der Waals surface area contributed by atoms with Crippen molar-refractivity contribution in [2.24, 2.45) is 11.8 Å². The van der Waals surface area contributed by atoms with Crippen LogP contribution in [0.1, 0.15) is 25.7 Å². The van der Waals surface area contributed by atoms with Gasteiger partial charge < -0.3 is 10.0 Å². The molecule has 0 radical (unpaired) electrons. The molecule has 2 unspecified atom stereocenters. The van der Waals surface area contributed by atoms with Crippen LogP contribution in [0, 0.1) is 11.8 Å². The molecule has 1 heterocycles. The normalized spacial score (nSPS) is 36.8. The molecule has 12 heavy (non-hydrogen) atoms. The van der Waals surface area contributed by atoms with E-state index in [1.165, 1.54) is 38.8 Å². The summed E-state index contributed by atoms with van der Waals surface area (Å²) in [7, 11) is 0. The van der Waals surface area contributed by atoms with Crippen LogP contribution in [0.25, 0.3) is 0 Å². The van der Waals surface area contributed by atoms with Gasteiger partial charge >= 0.3 is 0 Å². The predicted molar refractivity (Wildman–Crippen MR) is 49.0 cm³/mol. The van der Waals surface area contributed by atoms with Crippen LogP contribution in [0.15, 0.2) is 0 Å². The van der Waals surface area contributed by atoms with Gasteiger partial charge in [-0.2, -0.15) is 0 Å². The van der Waals surface area contributed by atoms with Gasteiger partial charge in [0.05, 0.1) is 6.61 Å². The first-order valence-corrected chi connectivity index (χ1v) is 5.21. The molecule has 2 aliphatic rings. The minimum Gasteiger partial charge on any atom is -0.395 e. The Bertz CT molecular complexity index is 137. The number of β-amino-alcohol motifs (C(OH)–C–C–N with tert-alkyl or cyclic N) is 1. The summed E-state index contributed by atoms with van der Waals surface area (Å²) in [6, 6.07) is 0. The number of hydrogen-bond acceptors (Lipinski definition) is 2. The first-order chi connectivity index (χ1) is 5.88. The summed E-state index contributed by atoms with van der Waals surface area (Å²) in [6.07, 6.45) is 5.76. The van der Waals surface area contributed by atoms with Crippen molar-refractivity contribution in [3.63, 3.8) is 0 Å². The van der Waals surface area contributed by atoms with Crippen LogP contribution < -0.4 is 0 Å². The Morgan fingerprint density at radius 3 is 2.42 bits per heavy atom. The number of fused-ring (bicyclic) bond motifs is 2. The molecular formula is C10H19NO. The van der Waals surface area contributed by atoms with Crippen molar-refractivity contribution in [2.45, 2.75) is 25.7 Å². The summed E-state index contributed by atoms with van der Waals surface area (Å²) in [4.78, 5) is 2.44. The average Bonchev–Trinajstić information content (AvgIpc) is 2.04. The van der Waals surface area contributed by atoms with Crippen LogP contribution in [-0.4, -0.2) is 36.2 Å². The van der Waals surface area contributed by atoms with Crippen LogP contribution in [0.5, 0.6) is 0 Å². The summed E-state index contributed by atoms with van der Waals surface area (Å²) in [5, 5.41) is 8.84. The number of piperidine rings is 1. The lowest BCUT2D eigenvalue weighted by atomic mass is 9.78. The lowest BCUT2D eigenvalue weighted by molar-refractivity contribution is 0.0718. The van der Waals surface area contributed by atoms with Gasteiger partial charge in [-0.25, -0.2) is 0 Å². The fraction of sp³-hybridized carbons (Fsp3) is 1.00. The number of likely N-dealkylation sites (tertiary alicyclic amines) is 1. The topological polar surface area (TPSA) is 23.5 Å². The van der Waals surface area contributed by atoms with Gasteiger partial charge in [0.2, 0.25) is 0 Å². The number of aliphatic hydroxyl groups excluding tert-OH is 1. The van der Waals surface area contributed by atoms with Crippen molar-refractivity contribution >= 4 is 0 Å². The molecule has 2 nitrogen and oxygen atoms in total. The van der Waals surface area contributed by atoms with Crippen molar-refractivity contribution in [1.82, 2.24) is 4.90 Å². The molecule has 0 amide bonds. The smallest absolute Gasteiger partial charge is 0.0558 e. The standard InChI is InChI=1S/C10H19NO/c12-5-4-11-7-9-2-1-3-10(6-9)8-11/h9-10,12H,1-8H2. The van der Waals surface area contributed by atoms with Gasteiger partial charge in [-0.05, 0) is 31.1 Å². The second kappa shape index (κ2) is 3.75. The number of aliphatic hydroxyl groups is 1. The summed E-state index contributed by atoms with van der Waals surface area (Å²) < 4.78 is 0. The molecule has 1 N–H and O–H groups in total. The van der Waals surface area contributed by atoms with E-state index in [1.807, 2.05) is 0 Å². The van der Waals surface area contributed by atoms with Crippen LogP contribution in [0.2, 0.25) is 0 Å². The number of rotatable bonds is 2. The van der Waals surface area contributed by atoms with E-state index in [1.54, 1.807) is 0 Å². The van der Waals surface area contributed by atoms with E-state index in [-0.39, 0.29) is 0 Å². The third-order valence-electron chi connectivity index (χ3n) is 3.34. The molecule has 1 saturated heterocycles. The van der Waals surface area contributed by atoms with Gasteiger partial charge in [0, 0.05) is 19.6 Å². The maximum Gasteiger partial charge on any atom is 0.0558 e. The Kier molecular flexibility index (Phi) is 2.66. The molecule has 1 aliphatic heterocycles. The van der Waals surface area contributed by atoms with Crippen molar-refractivity contribution in [3.8, 4) is 0 Å². The Labute approximate surface area is 74.6 Å². The Balaban J connectivity index is 1.87. The van der Waals surface area contributed by atoms with Crippen molar-refractivity contribution < 1.29 is 5.11 Å². The van der Waals surface area contributed by atoms with E-state index in [4.69, 9.17) is 5.11 Å². The fourth-order valence-electron chi connectivity index (χ4n) is 2.86. The van der Waals surface area contributed by atoms with E-state index in [0.717, 1.165) is 18.4 Å². The molecule has 2 rings (SSSR count). The zero-order valence-corrected chi connectivity index (χ0v) is 7.71. The van der Waals surface area contributed by atoms with E-state index in [0.29, 0.717) is 6.61 Å². The molecule has 0 spiro atoms. The van der Waals surface area contributed by atoms with Crippen LogP contribution in [0.4, 0.5) is 0 Å². The maximum absolute atomic E-state index is 8.84. The summed E-state index contributed by atoms with van der Waals surface area (Å²) in [5.41, 5.74) is 0. The van der Waals surface area contributed by atoms with Gasteiger partial charge in [0.1, 0.15) is 0 Å². The van der Waals surface area contributed by atoms with Crippen LogP contribution in [0.3, 0.4) is 0 Å². The fourth-order valence-corrected chi connectivity index (χ4v) is 2.86. The monoisotopic (exact) mass is 169 g/mol. The van der Waals surface area contributed by atoms with E-state index < -0.39 is 0 Å². The SMILES string of the molecule is OCCN1CC2CCCC(C2)C1. The highest BCUT2D eigenvalue weighted by Gasteiger charge is 2.29. The third-order valence-corrected chi connectivity index (χ3v) is 3.34. The zero-order chi connectivity index (χ0) is 8.39. The molecule has 2 atom stereocenters. The van der Waals surface area contributed by atoms with E-state index in [2.05, 4.69) is 4.90 Å². The first kappa shape index (κ1) is 8.52.